The first-order valence-electron chi connectivity index (χ1n) is 8.10. The SMILES string of the molecule is CNCCCCCCCCCO[Si](C)(C)C(C)(C)C. The van der Waals surface area contributed by atoms with Gasteiger partial charge < -0.3 is 9.74 Å². The van der Waals surface area contributed by atoms with Crippen molar-refractivity contribution in [3.8, 4) is 0 Å². The highest BCUT2D eigenvalue weighted by Gasteiger charge is 2.36. The Hall–Kier alpha value is 0.137. The Morgan fingerprint density at radius 2 is 1.32 bits per heavy atom. The summed E-state index contributed by atoms with van der Waals surface area (Å²) in [6, 6.07) is 0. The lowest BCUT2D eigenvalue weighted by Gasteiger charge is -2.36. The summed E-state index contributed by atoms with van der Waals surface area (Å²) in [5.74, 6) is 0. The molecule has 0 aliphatic rings. The van der Waals surface area contributed by atoms with E-state index in [4.69, 9.17) is 4.43 Å². The van der Waals surface area contributed by atoms with Gasteiger partial charge in [0.05, 0.1) is 0 Å². The molecule has 0 aromatic heterocycles. The Bertz CT molecular complexity index is 211. The lowest BCUT2D eigenvalue weighted by atomic mass is 10.1. The smallest absolute Gasteiger partial charge is 0.191 e. The van der Waals surface area contributed by atoms with E-state index >= 15 is 0 Å². The minimum Gasteiger partial charge on any atom is -0.417 e. The van der Waals surface area contributed by atoms with Gasteiger partial charge in [-0.1, -0.05) is 52.9 Å². The fourth-order valence-electron chi connectivity index (χ4n) is 1.83. The van der Waals surface area contributed by atoms with Crippen molar-refractivity contribution in [3.05, 3.63) is 0 Å². The molecule has 0 aromatic rings. The zero-order chi connectivity index (χ0) is 14.8. The van der Waals surface area contributed by atoms with Gasteiger partial charge in [-0.15, -0.1) is 0 Å². The first-order valence-corrected chi connectivity index (χ1v) is 11.0. The molecule has 0 spiro atoms. The van der Waals surface area contributed by atoms with E-state index < -0.39 is 8.32 Å². The molecule has 0 atom stereocenters. The lowest BCUT2D eigenvalue weighted by Crippen LogP contribution is -2.40. The molecule has 2 nitrogen and oxygen atoms in total. The first-order chi connectivity index (χ1) is 8.81. The average molecular weight is 288 g/mol. The molecule has 3 heteroatoms. The summed E-state index contributed by atoms with van der Waals surface area (Å²) < 4.78 is 6.18. The number of rotatable bonds is 11. The van der Waals surface area contributed by atoms with Crippen LogP contribution in [-0.2, 0) is 4.43 Å². The van der Waals surface area contributed by atoms with Crippen LogP contribution >= 0.6 is 0 Å². The molecule has 1 N–H and O–H groups in total. The normalized spacial score (nSPS) is 12.9. The monoisotopic (exact) mass is 287 g/mol. The molecule has 116 valence electrons. The molecule has 0 unspecified atom stereocenters. The van der Waals surface area contributed by atoms with Crippen LogP contribution in [0, 0.1) is 0 Å². The summed E-state index contributed by atoms with van der Waals surface area (Å²) in [6.07, 6.45) is 9.44. The summed E-state index contributed by atoms with van der Waals surface area (Å²) >= 11 is 0. The summed E-state index contributed by atoms with van der Waals surface area (Å²) in [4.78, 5) is 0. The molecule has 0 heterocycles. The van der Waals surface area contributed by atoms with Crippen LogP contribution in [-0.4, -0.2) is 28.5 Å². The Morgan fingerprint density at radius 1 is 0.842 bits per heavy atom. The minimum atomic E-state index is -1.50. The van der Waals surface area contributed by atoms with Gasteiger partial charge >= 0.3 is 0 Å². The topological polar surface area (TPSA) is 21.3 Å². The maximum absolute atomic E-state index is 6.18. The highest BCUT2D eigenvalue weighted by molar-refractivity contribution is 6.74. The van der Waals surface area contributed by atoms with E-state index in [0.29, 0.717) is 5.04 Å². The lowest BCUT2D eigenvalue weighted by molar-refractivity contribution is 0.277. The van der Waals surface area contributed by atoms with E-state index in [0.717, 1.165) is 6.61 Å². The second-order valence-corrected chi connectivity index (χ2v) is 12.0. The number of nitrogens with one attached hydrogen (secondary N) is 1. The fraction of sp³-hybridized carbons (Fsp3) is 1.00. The van der Waals surface area contributed by atoms with Crippen molar-refractivity contribution < 1.29 is 4.43 Å². The molecule has 0 aliphatic carbocycles. The highest BCUT2D eigenvalue weighted by atomic mass is 28.4. The van der Waals surface area contributed by atoms with Gasteiger partial charge in [0.2, 0.25) is 0 Å². The third-order valence-electron chi connectivity index (χ3n) is 4.34. The highest BCUT2D eigenvalue weighted by Crippen LogP contribution is 2.36. The number of unbranched alkanes of at least 4 members (excludes halogenated alkanes) is 6. The largest absolute Gasteiger partial charge is 0.417 e. The van der Waals surface area contributed by atoms with E-state index in [-0.39, 0.29) is 0 Å². The van der Waals surface area contributed by atoms with Crippen LogP contribution < -0.4 is 5.32 Å². The molecule has 0 saturated carbocycles. The standard InChI is InChI=1S/C16H37NOSi/c1-16(2,3)19(5,6)18-15-13-11-9-7-8-10-12-14-17-4/h17H,7-15H2,1-6H3. The molecule has 0 amide bonds. The molecule has 19 heavy (non-hydrogen) atoms. The van der Waals surface area contributed by atoms with Crippen molar-refractivity contribution in [2.75, 3.05) is 20.2 Å². The van der Waals surface area contributed by atoms with Crippen molar-refractivity contribution in [2.45, 2.75) is 83.8 Å². The van der Waals surface area contributed by atoms with Crippen molar-refractivity contribution in [1.29, 1.82) is 0 Å². The molecule has 0 radical (unpaired) electrons. The average Bonchev–Trinajstić information content (AvgIpc) is 2.30. The second-order valence-electron chi connectivity index (χ2n) is 7.19. The zero-order valence-corrected chi connectivity index (χ0v) is 15.3. The number of hydrogen-bond donors (Lipinski definition) is 1. The Labute approximate surface area is 122 Å². The van der Waals surface area contributed by atoms with Crippen LogP contribution in [0.1, 0.15) is 65.7 Å². The van der Waals surface area contributed by atoms with E-state index in [9.17, 15) is 0 Å². The second kappa shape index (κ2) is 9.95. The van der Waals surface area contributed by atoms with Gasteiger partial charge in [-0.2, -0.15) is 0 Å². The van der Waals surface area contributed by atoms with Gasteiger partial charge in [0.1, 0.15) is 0 Å². The molecule has 0 rings (SSSR count). The van der Waals surface area contributed by atoms with E-state index in [1.165, 1.54) is 51.5 Å². The summed E-state index contributed by atoms with van der Waals surface area (Å²) in [5, 5.41) is 3.55. The summed E-state index contributed by atoms with van der Waals surface area (Å²) in [7, 11) is 0.528. The van der Waals surface area contributed by atoms with Gasteiger partial charge in [-0.05, 0) is 44.6 Å². The predicted molar refractivity (Wildman–Crippen MR) is 89.4 cm³/mol. The maximum atomic E-state index is 6.18. The van der Waals surface area contributed by atoms with E-state index in [1.807, 2.05) is 7.05 Å². The van der Waals surface area contributed by atoms with Crippen LogP contribution in [0.25, 0.3) is 0 Å². The molecular weight excluding hydrogens is 250 g/mol. The van der Waals surface area contributed by atoms with Crippen molar-refractivity contribution >= 4 is 8.32 Å². The maximum Gasteiger partial charge on any atom is 0.191 e. The first kappa shape index (κ1) is 19.1. The fourth-order valence-corrected chi connectivity index (χ4v) is 2.92. The predicted octanol–water partition coefficient (Wildman–Crippen LogP) is 4.96. The summed E-state index contributed by atoms with van der Waals surface area (Å²) in [6.45, 7) is 13.7. The van der Waals surface area contributed by atoms with Gasteiger partial charge in [0, 0.05) is 6.61 Å². The molecule has 0 aliphatic heterocycles. The molecule has 0 fully saturated rings. The zero-order valence-electron chi connectivity index (χ0n) is 14.3. The van der Waals surface area contributed by atoms with Gasteiger partial charge in [0.25, 0.3) is 0 Å². The van der Waals surface area contributed by atoms with E-state index in [1.54, 1.807) is 0 Å². The molecule has 0 aromatic carbocycles. The minimum absolute atomic E-state index is 0.348. The van der Waals surface area contributed by atoms with Crippen LogP contribution in [0.15, 0.2) is 0 Å². The molecule has 0 saturated heterocycles. The van der Waals surface area contributed by atoms with Crippen molar-refractivity contribution in [3.63, 3.8) is 0 Å². The molecular formula is C16H37NOSi. The van der Waals surface area contributed by atoms with Gasteiger partial charge in [-0.25, -0.2) is 0 Å². The van der Waals surface area contributed by atoms with Crippen LogP contribution in [0.3, 0.4) is 0 Å². The quantitative estimate of drug-likeness (QED) is 0.428. The summed E-state index contributed by atoms with van der Waals surface area (Å²) in [5.41, 5.74) is 0. The molecule has 0 bridgehead atoms. The Kier molecular flexibility index (Phi) is 10.0. The Morgan fingerprint density at radius 3 is 1.79 bits per heavy atom. The van der Waals surface area contributed by atoms with Crippen LogP contribution in [0.2, 0.25) is 18.1 Å². The van der Waals surface area contributed by atoms with Crippen molar-refractivity contribution in [1.82, 2.24) is 5.32 Å². The number of hydrogen-bond acceptors (Lipinski definition) is 2. The van der Waals surface area contributed by atoms with E-state index in [2.05, 4.69) is 39.2 Å². The van der Waals surface area contributed by atoms with Crippen molar-refractivity contribution in [2.24, 2.45) is 0 Å². The van der Waals surface area contributed by atoms with Crippen LogP contribution in [0.4, 0.5) is 0 Å². The van der Waals surface area contributed by atoms with Gasteiger partial charge in [0.15, 0.2) is 8.32 Å². The third-order valence-corrected chi connectivity index (χ3v) is 8.88. The van der Waals surface area contributed by atoms with Gasteiger partial charge in [-0.3, -0.25) is 0 Å². The Balaban J connectivity index is 3.37. The third kappa shape index (κ3) is 9.64. The van der Waals surface area contributed by atoms with Crippen LogP contribution in [0.5, 0.6) is 0 Å².